The molecule has 240 valence electrons. The lowest BCUT2D eigenvalue weighted by Crippen LogP contribution is -2.34. The van der Waals surface area contributed by atoms with Crippen molar-refractivity contribution in [1.29, 1.82) is 0 Å². The van der Waals surface area contributed by atoms with Gasteiger partial charge in [-0.3, -0.25) is 4.72 Å². The molecule has 0 unspecified atom stereocenters. The van der Waals surface area contributed by atoms with Gasteiger partial charge >= 0.3 is 6.09 Å². The molecule has 12 nitrogen and oxygen atoms in total. The zero-order valence-electron chi connectivity index (χ0n) is 25.3. The first-order valence-corrected chi connectivity index (χ1v) is 15.2. The molecule has 0 bridgehead atoms. The molecule has 2 aromatic heterocycles. The predicted octanol–water partition coefficient (Wildman–Crippen LogP) is 5.01. The maximum atomic E-state index is 14.3. The molecule has 2 heterocycles. The largest absolute Gasteiger partial charge is 0.489 e. The lowest BCUT2D eigenvalue weighted by Gasteiger charge is -2.19. The number of sulfonamides is 1. The van der Waals surface area contributed by atoms with Crippen molar-refractivity contribution >= 4 is 32.7 Å². The van der Waals surface area contributed by atoms with Crippen LogP contribution in [-0.2, 0) is 19.5 Å². The standard InChI is InChI=1S/C30H33F2N5O7S/c1-18-22-12-19(14-25(27(22)36-17-35-18)43-11-10-42-9-8-33-29(38)44-30(2,3)4)20-13-24(28(41-5)34-16-20)37-45(39,40)26-7-6-21(31)15-23(26)32/h6-7,12-17,37H,8-11H2,1-5H3,(H,33,38). The number of hydrogen-bond donors (Lipinski definition) is 2. The topological polar surface area (TPSA) is 151 Å². The molecule has 0 fully saturated rings. The SMILES string of the molecule is COc1ncc(-c2cc(OCCOCCNC(=O)OC(C)(C)C)c3ncnc(C)c3c2)cc1NS(=O)(=O)c1ccc(F)cc1F. The number of aromatic nitrogens is 3. The highest BCUT2D eigenvalue weighted by molar-refractivity contribution is 7.92. The van der Waals surface area contributed by atoms with Gasteiger partial charge in [0.1, 0.15) is 52.0 Å². The van der Waals surface area contributed by atoms with E-state index in [1.165, 1.54) is 25.7 Å². The van der Waals surface area contributed by atoms with Gasteiger partial charge in [-0.25, -0.2) is 36.9 Å². The van der Waals surface area contributed by atoms with Crippen LogP contribution in [0.5, 0.6) is 11.6 Å². The molecule has 2 aromatic carbocycles. The Bertz CT molecular complexity index is 1800. The molecule has 0 aliphatic rings. The molecular weight excluding hydrogens is 612 g/mol. The fourth-order valence-corrected chi connectivity index (χ4v) is 5.24. The summed E-state index contributed by atoms with van der Waals surface area (Å²) >= 11 is 0. The number of nitrogens with zero attached hydrogens (tertiary/aromatic N) is 3. The summed E-state index contributed by atoms with van der Waals surface area (Å²) in [6.07, 6.45) is 2.35. The molecular formula is C30H33F2N5O7S. The Morgan fingerprint density at radius 1 is 0.978 bits per heavy atom. The molecule has 1 amide bonds. The van der Waals surface area contributed by atoms with E-state index in [0.29, 0.717) is 39.5 Å². The summed E-state index contributed by atoms with van der Waals surface area (Å²) in [5.74, 6) is -1.82. The summed E-state index contributed by atoms with van der Waals surface area (Å²) in [5, 5.41) is 3.29. The fourth-order valence-electron chi connectivity index (χ4n) is 4.13. The summed E-state index contributed by atoms with van der Waals surface area (Å²) in [4.78, 5) is 23.9. The molecule has 4 aromatic rings. The van der Waals surface area contributed by atoms with E-state index in [1.54, 1.807) is 39.8 Å². The minimum absolute atomic E-state index is 0.0695. The van der Waals surface area contributed by atoms with Crippen LogP contribution in [-0.4, -0.2) is 68.5 Å². The lowest BCUT2D eigenvalue weighted by molar-refractivity contribution is 0.0489. The van der Waals surface area contributed by atoms with E-state index in [1.807, 2.05) is 0 Å². The van der Waals surface area contributed by atoms with Gasteiger partial charge in [-0.2, -0.15) is 0 Å². The van der Waals surface area contributed by atoms with Crippen LogP contribution in [0.25, 0.3) is 22.0 Å². The third-order valence-corrected chi connectivity index (χ3v) is 7.51. The van der Waals surface area contributed by atoms with E-state index in [4.69, 9.17) is 18.9 Å². The highest BCUT2D eigenvalue weighted by atomic mass is 32.2. The van der Waals surface area contributed by atoms with Crippen molar-refractivity contribution in [3.05, 3.63) is 66.3 Å². The van der Waals surface area contributed by atoms with Crippen molar-refractivity contribution in [2.24, 2.45) is 0 Å². The number of rotatable bonds is 12. The van der Waals surface area contributed by atoms with E-state index in [0.717, 1.165) is 12.1 Å². The first kappa shape index (κ1) is 33.3. The molecule has 15 heteroatoms. The summed E-state index contributed by atoms with van der Waals surface area (Å²) in [6.45, 7) is 7.99. The number of benzene rings is 2. The van der Waals surface area contributed by atoms with E-state index in [2.05, 4.69) is 25.0 Å². The van der Waals surface area contributed by atoms with Gasteiger partial charge < -0.3 is 24.3 Å². The van der Waals surface area contributed by atoms with Crippen LogP contribution in [0.2, 0.25) is 0 Å². The number of alkyl carbamates (subject to hydrolysis) is 1. The van der Waals surface area contributed by atoms with Crippen molar-refractivity contribution in [1.82, 2.24) is 20.3 Å². The molecule has 4 rings (SSSR count). The molecule has 0 aliphatic carbocycles. The Morgan fingerprint density at radius 3 is 2.47 bits per heavy atom. The lowest BCUT2D eigenvalue weighted by atomic mass is 10.0. The van der Waals surface area contributed by atoms with Crippen molar-refractivity contribution in [3.63, 3.8) is 0 Å². The third-order valence-electron chi connectivity index (χ3n) is 6.11. The van der Waals surface area contributed by atoms with Crippen LogP contribution in [0.3, 0.4) is 0 Å². The average Bonchev–Trinajstić information content (AvgIpc) is 2.95. The second kappa shape index (κ2) is 14.0. The summed E-state index contributed by atoms with van der Waals surface area (Å²) in [7, 11) is -3.17. The Morgan fingerprint density at radius 2 is 1.76 bits per heavy atom. The van der Waals surface area contributed by atoms with Gasteiger partial charge in [-0.15, -0.1) is 0 Å². The van der Waals surface area contributed by atoms with Gasteiger partial charge in [0, 0.05) is 35.5 Å². The monoisotopic (exact) mass is 645 g/mol. The Balaban J connectivity index is 1.53. The molecule has 0 saturated carbocycles. The minimum Gasteiger partial charge on any atom is -0.489 e. The number of fused-ring (bicyclic) bond motifs is 1. The molecule has 0 radical (unpaired) electrons. The number of anilines is 1. The van der Waals surface area contributed by atoms with Gasteiger partial charge in [0.25, 0.3) is 10.0 Å². The first-order chi connectivity index (χ1) is 21.3. The smallest absolute Gasteiger partial charge is 0.407 e. The van der Waals surface area contributed by atoms with Crippen LogP contribution in [0.15, 0.2) is 53.8 Å². The van der Waals surface area contributed by atoms with Crippen LogP contribution >= 0.6 is 0 Å². The zero-order valence-corrected chi connectivity index (χ0v) is 26.1. The second-order valence-corrected chi connectivity index (χ2v) is 12.3. The van der Waals surface area contributed by atoms with E-state index < -0.39 is 38.2 Å². The highest BCUT2D eigenvalue weighted by Gasteiger charge is 2.23. The second-order valence-electron chi connectivity index (χ2n) is 10.7. The van der Waals surface area contributed by atoms with E-state index >= 15 is 0 Å². The number of methoxy groups -OCH3 is 1. The first-order valence-electron chi connectivity index (χ1n) is 13.7. The van der Waals surface area contributed by atoms with Crippen molar-refractivity contribution in [2.75, 3.05) is 38.2 Å². The van der Waals surface area contributed by atoms with Gasteiger partial charge in [-0.1, -0.05) is 0 Å². The van der Waals surface area contributed by atoms with Crippen molar-refractivity contribution < 1.29 is 40.9 Å². The minimum atomic E-state index is -4.48. The van der Waals surface area contributed by atoms with E-state index in [-0.39, 0.29) is 37.9 Å². The molecule has 2 N–H and O–H groups in total. The molecule has 0 atom stereocenters. The number of hydrogen-bond acceptors (Lipinski definition) is 10. The van der Waals surface area contributed by atoms with Gasteiger partial charge in [0.2, 0.25) is 5.88 Å². The summed E-state index contributed by atoms with van der Waals surface area (Å²) < 4.78 is 77.9. The quantitative estimate of drug-likeness (QED) is 0.201. The van der Waals surface area contributed by atoms with Crippen LogP contribution in [0.1, 0.15) is 26.5 Å². The maximum absolute atomic E-state index is 14.3. The molecule has 45 heavy (non-hydrogen) atoms. The number of carbonyl (C=O) groups is 1. The molecule has 0 aliphatic heterocycles. The van der Waals surface area contributed by atoms with Crippen molar-refractivity contribution in [2.45, 2.75) is 38.2 Å². The van der Waals surface area contributed by atoms with Gasteiger partial charge in [-0.05, 0) is 63.6 Å². The van der Waals surface area contributed by atoms with Crippen LogP contribution in [0, 0.1) is 18.6 Å². The van der Waals surface area contributed by atoms with Gasteiger partial charge in [0.15, 0.2) is 0 Å². The number of carbonyl (C=O) groups excluding carboxylic acids is 1. The third kappa shape index (κ3) is 8.73. The predicted molar refractivity (Wildman–Crippen MR) is 162 cm³/mol. The van der Waals surface area contributed by atoms with Crippen molar-refractivity contribution in [3.8, 4) is 22.8 Å². The number of pyridine rings is 1. The number of amides is 1. The zero-order chi connectivity index (χ0) is 32.8. The average molecular weight is 646 g/mol. The van der Waals surface area contributed by atoms with Gasteiger partial charge in [0.05, 0.1) is 20.3 Å². The highest BCUT2D eigenvalue weighted by Crippen LogP contribution is 2.35. The van der Waals surface area contributed by atoms with E-state index in [9.17, 15) is 22.0 Å². The number of nitrogens with one attached hydrogen (secondary N) is 2. The number of halogens is 2. The Labute approximate surface area is 259 Å². The molecule has 0 saturated heterocycles. The molecule has 0 spiro atoms. The number of aryl methyl sites for hydroxylation is 1. The van der Waals surface area contributed by atoms with Crippen LogP contribution in [0.4, 0.5) is 19.3 Å². The summed E-state index contributed by atoms with van der Waals surface area (Å²) in [6, 6.07) is 7.13. The summed E-state index contributed by atoms with van der Waals surface area (Å²) in [5.41, 5.74) is 1.60. The Hall–Kier alpha value is -4.63. The maximum Gasteiger partial charge on any atom is 0.407 e. The fraction of sp³-hybridized carbons (Fsp3) is 0.333. The van der Waals surface area contributed by atoms with Crippen LogP contribution < -0.4 is 19.5 Å². The Kier molecular flexibility index (Phi) is 10.3. The normalized spacial score (nSPS) is 11.7. The number of ether oxygens (including phenoxy) is 4.